The van der Waals surface area contributed by atoms with Crippen LogP contribution in [0.25, 0.3) is 5.82 Å². The zero-order valence-electron chi connectivity index (χ0n) is 12.3. The first-order chi connectivity index (χ1) is 11.6. The number of amides is 1. The molecule has 3 aromatic rings. The molecule has 0 aliphatic rings. The summed E-state index contributed by atoms with van der Waals surface area (Å²) in [6, 6.07) is 9.56. The minimum atomic E-state index is -0.539. The van der Waals surface area contributed by atoms with Gasteiger partial charge in [-0.05, 0) is 36.4 Å². The van der Waals surface area contributed by atoms with E-state index in [0.717, 1.165) is 0 Å². The van der Waals surface area contributed by atoms with Gasteiger partial charge in [-0.2, -0.15) is 5.10 Å². The molecule has 0 aliphatic heterocycles. The van der Waals surface area contributed by atoms with E-state index in [-0.39, 0.29) is 12.4 Å². The Labute approximate surface area is 145 Å². The zero-order valence-corrected chi connectivity index (χ0v) is 13.9. The molecule has 2 aromatic heterocycles. The molecule has 122 valence electrons. The van der Waals surface area contributed by atoms with Crippen molar-refractivity contribution in [2.24, 2.45) is 0 Å². The van der Waals surface area contributed by atoms with Crippen LogP contribution < -0.4 is 10.1 Å². The van der Waals surface area contributed by atoms with E-state index < -0.39 is 11.7 Å². The Morgan fingerprint density at radius 3 is 2.88 bits per heavy atom. The first kappa shape index (κ1) is 16.1. The average molecular weight is 391 g/mol. The van der Waals surface area contributed by atoms with E-state index in [2.05, 4.69) is 31.3 Å². The maximum atomic E-state index is 13.6. The summed E-state index contributed by atoms with van der Waals surface area (Å²) in [6.45, 7) is -0.306. The van der Waals surface area contributed by atoms with Gasteiger partial charge in [-0.15, -0.1) is 0 Å². The summed E-state index contributed by atoms with van der Waals surface area (Å²) >= 11 is 3.15. The van der Waals surface area contributed by atoms with Gasteiger partial charge in [0.25, 0.3) is 5.91 Å². The van der Waals surface area contributed by atoms with Crippen molar-refractivity contribution in [3.63, 3.8) is 0 Å². The molecular formula is C16H12BrFN4O2. The van der Waals surface area contributed by atoms with Crippen molar-refractivity contribution >= 4 is 27.5 Å². The monoisotopic (exact) mass is 390 g/mol. The minimum absolute atomic E-state index is 0.0144. The average Bonchev–Trinajstić information content (AvgIpc) is 3.09. The summed E-state index contributed by atoms with van der Waals surface area (Å²) in [6.07, 6.45) is 4.92. The molecule has 0 fully saturated rings. The van der Waals surface area contributed by atoms with E-state index in [4.69, 9.17) is 4.74 Å². The van der Waals surface area contributed by atoms with Crippen molar-refractivity contribution in [1.82, 2.24) is 14.8 Å². The molecule has 0 bridgehead atoms. The van der Waals surface area contributed by atoms with Crippen molar-refractivity contribution in [3.8, 4) is 11.6 Å². The molecule has 24 heavy (non-hydrogen) atoms. The Balaban J connectivity index is 1.56. The number of nitrogens with one attached hydrogen (secondary N) is 1. The second kappa shape index (κ2) is 7.22. The molecule has 8 heteroatoms. The number of anilines is 1. The molecule has 0 spiro atoms. The number of hydrogen-bond acceptors (Lipinski definition) is 4. The van der Waals surface area contributed by atoms with Gasteiger partial charge >= 0.3 is 0 Å². The number of carbonyl (C=O) groups is 1. The van der Waals surface area contributed by atoms with E-state index in [0.29, 0.717) is 16.0 Å². The second-order valence-corrected chi connectivity index (χ2v) is 5.68. The summed E-state index contributed by atoms with van der Waals surface area (Å²) in [5.74, 6) is -0.305. The summed E-state index contributed by atoms with van der Waals surface area (Å²) in [7, 11) is 0. The summed E-state index contributed by atoms with van der Waals surface area (Å²) in [4.78, 5) is 16.1. The normalized spacial score (nSPS) is 10.4. The van der Waals surface area contributed by atoms with Crippen LogP contribution in [0, 0.1) is 5.82 Å². The third-order valence-electron chi connectivity index (χ3n) is 3.02. The molecule has 3 rings (SSSR count). The van der Waals surface area contributed by atoms with E-state index in [1.807, 2.05) is 0 Å². The van der Waals surface area contributed by atoms with E-state index >= 15 is 0 Å². The molecule has 0 unspecified atom stereocenters. The van der Waals surface area contributed by atoms with Crippen molar-refractivity contribution in [2.75, 3.05) is 11.9 Å². The molecule has 2 heterocycles. The van der Waals surface area contributed by atoms with Gasteiger partial charge in [-0.25, -0.2) is 14.1 Å². The third-order valence-corrected chi connectivity index (χ3v) is 3.52. The Kier molecular flexibility index (Phi) is 4.85. The zero-order chi connectivity index (χ0) is 16.9. The van der Waals surface area contributed by atoms with Gasteiger partial charge < -0.3 is 10.1 Å². The number of ether oxygens (including phenoxy) is 1. The summed E-state index contributed by atoms with van der Waals surface area (Å²) in [5, 5.41) is 6.69. The first-order valence-corrected chi connectivity index (χ1v) is 7.75. The number of aromatic nitrogens is 3. The Morgan fingerprint density at radius 2 is 2.21 bits per heavy atom. The fraction of sp³-hybridized carbons (Fsp3) is 0.0625. The number of rotatable bonds is 5. The molecule has 6 nitrogen and oxygen atoms in total. The van der Waals surface area contributed by atoms with Crippen LogP contribution >= 0.6 is 15.9 Å². The van der Waals surface area contributed by atoms with Gasteiger partial charge in [-0.1, -0.05) is 15.9 Å². The van der Waals surface area contributed by atoms with Gasteiger partial charge in [0.1, 0.15) is 0 Å². The maximum absolute atomic E-state index is 13.6. The van der Waals surface area contributed by atoms with Crippen molar-refractivity contribution in [3.05, 3.63) is 65.3 Å². The second-order valence-electron chi connectivity index (χ2n) is 4.77. The molecule has 0 saturated carbocycles. The molecule has 0 atom stereocenters. The number of benzene rings is 1. The lowest BCUT2D eigenvalue weighted by Crippen LogP contribution is -2.20. The summed E-state index contributed by atoms with van der Waals surface area (Å²) < 4.78 is 21.0. The predicted octanol–water partition coefficient (Wildman–Crippen LogP) is 3.19. The van der Waals surface area contributed by atoms with Gasteiger partial charge in [0, 0.05) is 16.9 Å². The van der Waals surface area contributed by atoms with Crippen LogP contribution in [0.3, 0.4) is 0 Å². The largest absolute Gasteiger partial charge is 0.481 e. The SMILES string of the molecule is O=C(COc1ccc(Br)cc1F)Nc1ccc(-n2cccn2)nc1. The van der Waals surface area contributed by atoms with Crippen LogP contribution in [0.1, 0.15) is 0 Å². The van der Waals surface area contributed by atoms with Crippen LogP contribution in [0.2, 0.25) is 0 Å². The third kappa shape index (κ3) is 3.96. The van der Waals surface area contributed by atoms with Crippen molar-refractivity contribution < 1.29 is 13.9 Å². The molecular weight excluding hydrogens is 379 g/mol. The lowest BCUT2D eigenvalue weighted by atomic mass is 10.3. The van der Waals surface area contributed by atoms with E-state index in [9.17, 15) is 9.18 Å². The molecule has 0 saturated heterocycles. The number of nitrogens with zero attached hydrogens (tertiary/aromatic N) is 3. The van der Waals surface area contributed by atoms with Crippen molar-refractivity contribution in [1.29, 1.82) is 0 Å². The van der Waals surface area contributed by atoms with Crippen LogP contribution in [0.4, 0.5) is 10.1 Å². The smallest absolute Gasteiger partial charge is 0.262 e. The van der Waals surface area contributed by atoms with Gasteiger partial charge in [0.05, 0.1) is 11.9 Å². The van der Waals surface area contributed by atoms with Gasteiger partial charge in [-0.3, -0.25) is 4.79 Å². The van der Waals surface area contributed by atoms with E-state index in [1.54, 1.807) is 41.3 Å². The fourth-order valence-electron chi connectivity index (χ4n) is 1.93. The number of carbonyl (C=O) groups excluding carboxylic acids is 1. The highest BCUT2D eigenvalue weighted by Gasteiger charge is 2.08. The number of hydrogen-bond donors (Lipinski definition) is 1. The first-order valence-electron chi connectivity index (χ1n) is 6.95. The molecule has 1 aromatic carbocycles. The standard InChI is InChI=1S/C16H12BrFN4O2/c17-11-2-4-14(13(18)8-11)24-10-16(23)21-12-3-5-15(19-9-12)22-7-1-6-20-22/h1-9H,10H2,(H,21,23). The maximum Gasteiger partial charge on any atom is 0.262 e. The highest BCUT2D eigenvalue weighted by molar-refractivity contribution is 9.10. The van der Waals surface area contributed by atoms with Crippen LogP contribution in [0.15, 0.2) is 59.5 Å². The number of pyridine rings is 1. The van der Waals surface area contributed by atoms with E-state index in [1.165, 1.54) is 18.3 Å². The summed E-state index contributed by atoms with van der Waals surface area (Å²) in [5.41, 5.74) is 0.510. The number of halogens is 2. The van der Waals surface area contributed by atoms with Gasteiger partial charge in [0.15, 0.2) is 24.0 Å². The quantitative estimate of drug-likeness (QED) is 0.726. The fourth-order valence-corrected chi connectivity index (χ4v) is 2.27. The molecule has 0 radical (unpaired) electrons. The van der Waals surface area contributed by atoms with Crippen LogP contribution in [0.5, 0.6) is 5.75 Å². The highest BCUT2D eigenvalue weighted by atomic mass is 79.9. The van der Waals surface area contributed by atoms with Crippen LogP contribution in [-0.4, -0.2) is 27.3 Å². The predicted molar refractivity (Wildman–Crippen MR) is 89.6 cm³/mol. The van der Waals surface area contributed by atoms with Gasteiger partial charge in [0.2, 0.25) is 0 Å². The van der Waals surface area contributed by atoms with Crippen molar-refractivity contribution in [2.45, 2.75) is 0 Å². The lowest BCUT2D eigenvalue weighted by molar-refractivity contribution is -0.118. The topological polar surface area (TPSA) is 69.0 Å². The molecule has 1 N–H and O–H groups in total. The van der Waals surface area contributed by atoms with Crippen LogP contribution in [-0.2, 0) is 4.79 Å². The Hall–Kier alpha value is -2.74. The molecule has 1 amide bonds. The molecule has 0 aliphatic carbocycles. The Morgan fingerprint density at radius 1 is 1.33 bits per heavy atom. The Bertz CT molecular complexity index is 838. The lowest BCUT2D eigenvalue weighted by Gasteiger charge is -2.08. The highest BCUT2D eigenvalue weighted by Crippen LogP contribution is 2.21. The minimum Gasteiger partial charge on any atom is -0.481 e.